The van der Waals surface area contributed by atoms with E-state index in [1.165, 1.54) is 11.4 Å². The summed E-state index contributed by atoms with van der Waals surface area (Å²) in [4.78, 5) is 22.2. The van der Waals surface area contributed by atoms with Crippen LogP contribution < -0.4 is 4.72 Å². The van der Waals surface area contributed by atoms with Crippen molar-refractivity contribution in [1.29, 1.82) is 0 Å². The number of nitrogens with one attached hydrogen (secondary N) is 1. The highest BCUT2D eigenvalue weighted by Gasteiger charge is 2.31. The van der Waals surface area contributed by atoms with Gasteiger partial charge < -0.3 is 9.84 Å². The molecule has 8 nitrogen and oxygen atoms in total. The van der Waals surface area contributed by atoms with Gasteiger partial charge in [-0.25, -0.2) is 0 Å². The molecule has 0 amide bonds. The Hall–Kier alpha value is -1.19. The molecule has 9 heteroatoms. The molecule has 0 unspecified atom stereocenters. The number of rotatable bonds is 7. The van der Waals surface area contributed by atoms with Crippen molar-refractivity contribution in [2.24, 2.45) is 5.92 Å². The number of methoxy groups -OCH3 is 1. The first-order valence-corrected chi connectivity index (χ1v) is 8.27. The zero-order valence-electron chi connectivity index (χ0n) is 12.2. The zero-order valence-corrected chi connectivity index (χ0v) is 13.1. The van der Waals surface area contributed by atoms with Crippen LogP contribution in [0.4, 0.5) is 0 Å². The summed E-state index contributed by atoms with van der Waals surface area (Å²) >= 11 is 0. The van der Waals surface area contributed by atoms with Gasteiger partial charge in [0, 0.05) is 19.5 Å². The van der Waals surface area contributed by atoms with Crippen molar-refractivity contribution in [2.45, 2.75) is 38.6 Å². The number of carbonyl (C=O) groups is 2. The zero-order chi connectivity index (χ0) is 16.0. The van der Waals surface area contributed by atoms with Crippen LogP contribution >= 0.6 is 0 Å². The lowest BCUT2D eigenvalue weighted by atomic mass is 10.0. The van der Waals surface area contributed by atoms with Crippen LogP contribution in [-0.4, -0.2) is 56.0 Å². The fourth-order valence-corrected chi connectivity index (χ4v) is 3.50. The molecule has 1 rings (SSSR count). The third-order valence-electron chi connectivity index (χ3n) is 3.54. The van der Waals surface area contributed by atoms with E-state index in [4.69, 9.17) is 5.11 Å². The first kappa shape index (κ1) is 17.9. The average Bonchev–Trinajstić information content (AvgIpc) is 2.43. The largest absolute Gasteiger partial charge is 0.480 e. The molecular weight excluding hydrogens is 300 g/mol. The quantitative estimate of drug-likeness (QED) is 0.636. The third-order valence-corrected chi connectivity index (χ3v) is 5.16. The van der Waals surface area contributed by atoms with Crippen LogP contribution in [-0.2, 0) is 24.5 Å². The van der Waals surface area contributed by atoms with Gasteiger partial charge in [0.2, 0.25) is 0 Å². The van der Waals surface area contributed by atoms with Gasteiger partial charge in [-0.05, 0) is 25.2 Å². The topological polar surface area (TPSA) is 113 Å². The second kappa shape index (κ2) is 7.71. The monoisotopic (exact) mass is 322 g/mol. The minimum atomic E-state index is -3.86. The SMILES string of the molecule is COC(=O)CC[C@@H](NS(=O)(=O)N1CCC(C)CC1)C(=O)O. The van der Waals surface area contributed by atoms with Crippen molar-refractivity contribution < 1.29 is 27.9 Å². The molecule has 2 N–H and O–H groups in total. The van der Waals surface area contributed by atoms with E-state index in [1.807, 2.05) is 6.92 Å². The van der Waals surface area contributed by atoms with E-state index in [0.717, 1.165) is 12.8 Å². The summed E-state index contributed by atoms with van der Waals surface area (Å²) in [6.07, 6.45) is 1.19. The van der Waals surface area contributed by atoms with Crippen LogP contribution in [0.3, 0.4) is 0 Å². The van der Waals surface area contributed by atoms with E-state index in [9.17, 15) is 18.0 Å². The Labute approximate surface area is 124 Å². The lowest BCUT2D eigenvalue weighted by Gasteiger charge is -2.30. The fourth-order valence-electron chi connectivity index (χ4n) is 2.08. The lowest BCUT2D eigenvalue weighted by Crippen LogP contribution is -2.50. The lowest BCUT2D eigenvalue weighted by molar-refractivity contribution is -0.142. The van der Waals surface area contributed by atoms with Crippen molar-refractivity contribution in [3.8, 4) is 0 Å². The molecule has 0 aromatic rings. The van der Waals surface area contributed by atoms with Gasteiger partial charge in [0.1, 0.15) is 6.04 Å². The van der Waals surface area contributed by atoms with Gasteiger partial charge in [0.15, 0.2) is 0 Å². The highest BCUT2D eigenvalue weighted by Crippen LogP contribution is 2.18. The Bertz CT molecular complexity index is 470. The minimum absolute atomic E-state index is 0.147. The molecule has 122 valence electrons. The fraction of sp³-hybridized carbons (Fsp3) is 0.833. The maximum atomic E-state index is 12.2. The Morgan fingerprint density at radius 1 is 1.38 bits per heavy atom. The molecular formula is C12H22N2O6S. The van der Waals surface area contributed by atoms with Gasteiger partial charge in [-0.1, -0.05) is 6.92 Å². The number of piperidine rings is 1. The summed E-state index contributed by atoms with van der Waals surface area (Å²) in [5, 5.41) is 9.07. The number of esters is 1. The summed E-state index contributed by atoms with van der Waals surface area (Å²) in [7, 11) is -2.66. The van der Waals surface area contributed by atoms with Gasteiger partial charge in [-0.15, -0.1) is 0 Å². The molecule has 1 atom stereocenters. The number of ether oxygens (including phenoxy) is 1. The van der Waals surface area contributed by atoms with Crippen LogP contribution in [0.5, 0.6) is 0 Å². The van der Waals surface area contributed by atoms with Crippen molar-refractivity contribution >= 4 is 22.1 Å². The van der Waals surface area contributed by atoms with Gasteiger partial charge >= 0.3 is 11.9 Å². The number of carboxylic acids is 1. The van der Waals surface area contributed by atoms with Gasteiger partial charge in [0.25, 0.3) is 10.2 Å². The Balaban J connectivity index is 2.64. The molecule has 1 saturated heterocycles. The van der Waals surface area contributed by atoms with Crippen molar-refractivity contribution in [1.82, 2.24) is 9.03 Å². The van der Waals surface area contributed by atoms with Crippen LogP contribution in [0.2, 0.25) is 0 Å². The Kier molecular flexibility index (Phi) is 6.56. The van der Waals surface area contributed by atoms with E-state index in [2.05, 4.69) is 9.46 Å². The second-order valence-electron chi connectivity index (χ2n) is 5.21. The van der Waals surface area contributed by atoms with E-state index < -0.39 is 28.2 Å². The molecule has 0 aromatic carbocycles. The highest BCUT2D eigenvalue weighted by molar-refractivity contribution is 7.87. The first-order valence-electron chi connectivity index (χ1n) is 6.83. The predicted molar refractivity (Wildman–Crippen MR) is 74.7 cm³/mol. The number of carboxylic acid groups (broad SMARTS) is 1. The summed E-state index contributed by atoms with van der Waals surface area (Å²) < 4.78 is 32.1. The van der Waals surface area contributed by atoms with Crippen LogP contribution in [0, 0.1) is 5.92 Å². The van der Waals surface area contributed by atoms with Crippen molar-refractivity contribution in [2.75, 3.05) is 20.2 Å². The molecule has 1 aliphatic heterocycles. The third kappa shape index (κ3) is 5.60. The molecule has 0 aliphatic carbocycles. The highest BCUT2D eigenvalue weighted by atomic mass is 32.2. The molecule has 0 aromatic heterocycles. The molecule has 1 aliphatic rings. The Morgan fingerprint density at radius 3 is 2.43 bits per heavy atom. The molecule has 1 fully saturated rings. The maximum absolute atomic E-state index is 12.2. The van der Waals surface area contributed by atoms with Gasteiger partial charge in [-0.3, -0.25) is 9.59 Å². The smallest absolute Gasteiger partial charge is 0.321 e. The normalized spacial score (nSPS) is 19.1. The predicted octanol–water partition coefficient (Wildman–Crippen LogP) is -0.0409. The number of aliphatic carboxylic acids is 1. The Morgan fingerprint density at radius 2 is 1.95 bits per heavy atom. The first-order chi connectivity index (χ1) is 9.76. The number of nitrogens with zero attached hydrogens (tertiary/aromatic N) is 1. The van der Waals surface area contributed by atoms with Gasteiger partial charge in [0.05, 0.1) is 7.11 Å². The summed E-state index contributed by atoms with van der Waals surface area (Å²) in [5.41, 5.74) is 0. The van der Waals surface area contributed by atoms with E-state index in [-0.39, 0.29) is 12.8 Å². The van der Waals surface area contributed by atoms with Crippen molar-refractivity contribution in [3.63, 3.8) is 0 Å². The van der Waals surface area contributed by atoms with E-state index >= 15 is 0 Å². The average molecular weight is 322 g/mol. The molecule has 0 bridgehead atoms. The van der Waals surface area contributed by atoms with Crippen molar-refractivity contribution in [3.05, 3.63) is 0 Å². The van der Waals surface area contributed by atoms with Crippen LogP contribution in [0.25, 0.3) is 0 Å². The number of carbonyl (C=O) groups excluding carboxylic acids is 1. The number of hydrogen-bond donors (Lipinski definition) is 2. The van der Waals surface area contributed by atoms with Crippen LogP contribution in [0.15, 0.2) is 0 Å². The summed E-state index contributed by atoms with van der Waals surface area (Å²) in [5.74, 6) is -1.42. The standard InChI is InChI=1S/C12H22N2O6S/c1-9-5-7-14(8-6-9)21(18,19)13-10(12(16)17)3-4-11(15)20-2/h9-10,13H,3-8H2,1-2H3,(H,16,17)/t10-/m1/s1. The molecule has 0 saturated carbocycles. The van der Waals surface area contributed by atoms with E-state index in [0.29, 0.717) is 19.0 Å². The molecule has 0 spiro atoms. The molecule has 21 heavy (non-hydrogen) atoms. The van der Waals surface area contributed by atoms with Gasteiger partial charge in [-0.2, -0.15) is 17.4 Å². The minimum Gasteiger partial charge on any atom is -0.480 e. The number of hydrogen-bond acceptors (Lipinski definition) is 5. The second-order valence-corrected chi connectivity index (χ2v) is 6.91. The molecule has 0 radical (unpaired) electrons. The van der Waals surface area contributed by atoms with Crippen LogP contribution in [0.1, 0.15) is 32.6 Å². The van der Waals surface area contributed by atoms with E-state index in [1.54, 1.807) is 0 Å². The summed E-state index contributed by atoms with van der Waals surface area (Å²) in [6, 6.07) is -1.34. The molecule has 1 heterocycles. The summed E-state index contributed by atoms with van der Waals surface area (Å²) in [6.45, 7) is 2.80. The maximum Gasteiger partial charge on any atom is 0.321 e.